The van der Waals surface area contributed by atoms with Gasteiger partial charge in [-0.3, -0.25) is 4.68 Å². The lowest BCUT2D eigenvalue weighted by Crippen LogP contribution is -2.17. The molecule has 0 saturated carbocycles. The highest BCUT2D eigenvalue weighted by Crippen LogP contribution is 2.19. The van der Waals surface area contributed by atoms with Crippen molar-refractivity contribution in [3.05, 3.63) is 41.7 Å². The number of carboxylic acids is 1. The van der Waals surface area contributed by atoms with Crippen LogP contribution in [-0.2, 0) is 7.05 Å². The number of nitrogens with zero attached hydrogens (tertiary/aromatic N) is 2. The van der Waals surface area contributed by atoms with E-state index in [0.29, 0.717) is 5.75 Å². The second-order valence-electron chi connectivity index (χ2n) is 3.90. The number of hydrogen-bond acceptors (Lipinski definition) is 5. The number of benzene rings is 1. The molecule has 0 atom stereocenters. The summed E-state index contributed by atoms with van der Waals surface area (Å²) in [6, 6.07) is 6.36. The molecule has 0 aliphatic heterocycles. The predicted octanol–water partition coefficient (Wildman–Crippen LogP) is 1.35. The standard InChI is InChI=1S/C13H12N2O5/c1-15-11(10(7-14-15)12(16)17)13(18)20-9-5-3-8(19-2)4-6-9/h3-7H,1-2H3,(H,16,17). The molecule has 0 unspecified atom stereocenters. The Morgan fingerprint density at radius 2 is 1.80 bits per heavy atom. The Bertz CT molecular complexity index is 645. The summed E-state index contributed by atoms with van der Waals surface area (Å²) in [6.07, 6.45) is 1.10. The average molecular weight is 276 g/mol. The van der Waals surface area contributed by atoms with Crippen LogP contribution in [0.4, 0.5) is 0 Å². The zero-order valence-electron chi connectivity index (χ0n) is 10.9. The van der Waals surface area contributed by atoms with E-state index in [0.717, 1.165) is 10.9 Å². The van der Waals surface area contributed by atoms with Crippen LogP contribution in [0, 0.1) is 0 Å². The van der Waals surface area contributed by atoms with Crippen molar-refractivity contribution in [1.82, 2.24) is 9.78 Å². The molecule has 0 spiro atoms. The van der Waals surface area contributed by atoms with Crippen LogP contribution in [0.3, 0.4) is 0 Å². The fourth-order valence-electron chi connectivity index (χ4n) is 1.64. The Morgan fingerprint density at radius 1 is 1.20 bits per heavy atom. The van der Waals surface area contributed by atoms with Gasteiger partial charge in [0, 0.05) is 7.05 Å². The van der Waals surface area contributed by atoms with Gasteiger partial charge >= 0.3 is 11.9 Å². The van der Waals surface area contributed by atoms with Crippen molar-refractivity contribution in [1.29, 1.82) is 0 Å². The highest BCUT2D eigenvalue weighted by atomic mass is 16.5. The van der Waals surface area contributed by atoms with E-state index in [4.69, 9.17) is 14.6 Å². The molecule has 1 aromatic carbocycles. The van der Waals surface area contributed by atoms with Crippen LogP contribution in [-0.4, -0.2) is 33.9 Å². The SMILES string of the molecule is COc1ccc(OC(=O)c2c(C(=O)O)cnn2C)cc1. The summed E-state index contributed by atoms with van der Waals surface area (Å²) in [5, 5.41) is 12.7. The van der Waals surface area contributed by atoms with Gasteiger partial charge in [0.2, 0.25) is 0 Å². The first-order chi connectivity index (χ1) is 9.52. The Labute approximate surface area is 114 Å². The van der Waals surface area contributed by atoms with Crippen molar-refractivity contribution in [3.8, 4) is 11.5 Å². The van der Waals surface area contributed by atoms with Crippen molar-refractivity contribution in [2.45, 2.75) is 0 Å². The summed E-state index contributed by atoms with van der Waals surface area (Å²) in [7, 11) is 2.99. The van der Waals surface area contributed by atoms with Crippen molar-refractivity contribution in [2.24, 2.45) is 7.05 Å². The Kier molecular flexibility index (Phi) is 3.69. The molecule has 2 rings (SSSR count). The first-order valence-corrected chi connectivity index (χ1v) is 5.64. The molecular weight excluding hydrogens is 264 g/mol. The number of rotatable bonds is 4. The maximum Gasteiger partial charge on any atom is 0.362 e. The number of esters is 1. The third-order valence-corrected chi connectivity index (χ3v) is 2.63. The van der Waals surface area contributed by atoms with Crippen LogP contribution in [0.1, 0.15) is 20.8 Å². The van der Waals surface area contributed by atoms with Crippen LogP contribution in [0.2, 0.25) is 0 Å². The summed E-state index contributed by atoms with van der Waals surface area (Å²) in [6.45, 7) is 0. The molecule has 0 fully saturated rings. The molecular formula is C13H12N2O5. The summed E-state index contributed by atoms with van der Waals surface area (Å²) in [5.41, 5.74) is -0.320. The fourth-order valence-corrected chi connectivity index (χ4v) is 1.64. The monoisotopic (exact) mass is 276 g/mol. The number of hydrogen-bond donors (Lipinski definition) is 1. The third-order valence-electron chi connectivity index (χ3n) is 2.63. The summed E-state index contributed by atoms with van der Waals surface area (Å²) in [5.74, 6) is -1.11. The summed E-state index contributed by atoms with van der Waals surface area (Å²) >= 11 is 0. The fraction of sp³-hybridized carbons (Fsp3) is 0.154. The quantitative estimate of drug-likeness (QED) is 0.669. The van der Waals surface area contributed by atoms with Crippen LogP contribution in [0.15, 0.2) is 30.5 Å². The van der Waals surface area contributed by atoms with Gasteiger partial charge in [0.15, 0.2) is 5.69 Å². The molecule has 104 valence electrons. The van der Waals surface area contributed by atoms with Gasteiger partial charge in [-0.25, -0.2) is 9.59 Å². The molecule has 2 aromatic rings. The van der Waals surface area contributed by atoms with Gasteiger partial charge in [0.05, 0.1) is 13.3 Å². The largest absolute Gasteiger partial charge is 0.497 e. The van der Waals surface area contributed by atoms with E-state index >= 15 is 0 Å². The molecule has 0 saturated heterocycles. The minimum absolute atomic E-state index is 0.117. The van der Waals surface area contributed by atoms with E-state index in [1.807, 2.05) is 0 Å². The zero-order chi connectivity index (χ0) is 14.7. The first-order valence-electron chi connectivity index (χ1n) is 5.64. The van der Waals surface area contributed by atoms with Gasteiger partial charge in [-0.1, -0.05) is 0 Å². The zero-order valence-corrected chi connectivity index (χ0v) is 10.9. The Hall–Kier alpha value is -2.83. The maximum absolute atomic E-state index is 12.0. The van der Waals surface area contributed by atoms with Gasteiger partial charge in [0.25, 0.3) is 0 Å². The Balaban J connectivity index is 2.23. The smallest absolute Gasteiger partial charge is 0.362 e. The van der Waals surface area contributed by atoms with Crippen molar-refractivity contribution in [2.75, 3.05) is 7.11 Å². The summed E-state index contributed by atoms with van der Waals surface area (Å²) in [4.78, 5) is 23.0. The molecule has 1 N–H and O–H groups in total. The second-order valence-corrected chi connectivity index (χ2v) is 3.90. The molecule has 0 bridgehead atoms. The Morgan fingerprint density at radius 3 is 2.35 bits per heavy atom. The highest BCUT2D eigenvalue weighted by molar-refractivity contribution is 6.01. The highest BCUT2D eigenvalue weighted by Gasteiger charge is 2.23. The lowest BCUT2D eigenvalue weighted by molar-refractivity contribution is 0.0663. The lowest BCUT2D eigenvalue weighted by Gasteiger charge is -2.06. The third kappa shape index (κ3) is 2.61. The molecule has 20 heavy (non-hydrogen) atoms. The van der Waals surface area contributed by atoms with Crippen LogP contribution in [0.5, 0.6) is 11.5 Å². The van der Waals surface area contributed by atoms with Gasteiger partial charge in [0.1, 0.15) is 17.1 Å². The number of carbonyl (C=O) groups excluding carboxylic acids is 1. The van der Waals surface area contributed by atoms with Crippen LogP contribution < -0.4 is 9.47 Å². The van der Waals surface area contributed by atoms with Crippen molar-refractivity contribution < 1.29 is 24.2 Å². The minimum atomic E-state index is -1.24. The van der Waals surface area contributed by atoms with Crippen molar-refractivity contribution in [3.63, 3.8) is 0 Å². The topological polar surface area (TPSA) is 90.7 Å². The van der Waals surface area contributed by atoms with Gasteiger partial charge in [-0.15, -0.1) is 0 Å². The van der Waals surface area contributed by atoms with E-state index in [9.17, 15) is 9.59 Å². The molecule has 0 radical (unpaired) electrons. The number of aryl methyl sites for hydroxylation is 1. The second kappa shape index (κ2) is 5.43. The van der Waals surface area contributed by atoms with Crippen LogP contribution >= 0.6 is 0 Å². The first kappa shape index (κ1) is 13.6. The van der Waals surface area contributed by atoms with Gasteiger partial charge in [-0.05, 0) is 24.3 Å². The molecule has 7 heteroatoms. The van der Waals surface area contributed by atoms with Crippen LogP contribution in [0.25, 0.3) is 0 Å². The van der Waals surface area contributed by atoms with E-state index < -0.39 is 11.9 Å². The number of aromatic nitrogens is 2. The van der Waals surface area contributed by atoms with E-state index in [1.54, 1.807) is 24.3 Å². The summed E-state index contributed by atoms with van der Waals surface area (Å²) < 4.78 is 11.3. The maximum atomic E-state index is 12.0. The lowest BCUT2D eigenvalue weighted by atomic mass is 10.2. The molecule has 1 heterocycles. The van der Waals surface area contributed by atoms with E-state index in [2.05, 4.69) is 5.10 Å². The number of aromatic carboxylic acids is 1. The molecule has 0 amide bonds. The average Bonchev–Trinajstić information content (AvgIpc) is 2.81. The van der Waals surface area contributed by atoms with Crippen molar-refractivity contribution >= 4 is 11.9 Å². The normalized spacial score (nSPS) is 10.1. The number of carboxylic acid groups (broad SMARTS) is 1. The predicted molar refractivity (Wildman–Crippen MR) is 68.1 cm³/mol. The molecule has 0 aliphatic rings. The molecule has 7 nitrogen and oxygen atoms in total. The van der Waals surface area contributed by atoms with E-state index in [-0.39, 0.29) is 17.0 Å². The molecule has 0 aliphatic carbocycles. The van der Waals surface area contributed by atoms with Gasteiger partial charge < -0.3 is 14.6 Å². The molecule has 1 aromatic heterocycles. The number of ether oxygens (including phenoxy) is 2. The van der Waals surface area contributed by atoms with Gasteiger partial charge in [-0.2, -0.15) is 5.10 Å². The van der Waals surface area contributed by atoms with E-state index in [1.165, 1.54) is 14.2 Å². The number of carbonyl (C=O) groups is 2. The minimum Gasteiger partial charge on any atom is -0.497 e. The number of methoxy groups -OCH3 is 1.